The maximum atomic E-state index is 12.0. The lowest BCUT2D eigenvalue weighted by molar-refractivity contribution is -0.116. The molecule has 0 aliphatic heterocycles. The molecule has 2 aromatic rings. The lowest BCUT2D eigenvalue weighted by atomic mass is 9.98. The second-order valence-electron chi connectivity index (χ2n) is 5.19. The molecule has 1 atom stereocenters. The van der Waals surface area contributed by atoms with Crippen LogP contribution in [0.1, 0.15) is 18.9 Å². The molecule has 0 aliphatic carbocycles. The minimum atomic E-state index is 0.0534. The van der Waals surface area contributed by atoms with Crippen molar-refractivity contribution in [2.24, 2.45) is 5.92 Å². The van der Waals surface area contributed by atoms with Gasteiger partial charge in [0.2, 0.25) is 5.91 Å². The number of rotatable bonds is 5. The second-order valence-corrected chi connectivity index (χ2v) is 6.88. The summed E-state index contributed by atoms with van der Waals surface area (Å²) in [7, 11) is 0. The average molecular weight is 414 g/mol. The maximum absolute atomic E-state index is 12.0. The number of anilines is 1. The number of nitrogens with one attached hydrogen (secondary N) is 1. The van der Waals surface area contributed by atoms with E-state index in [-0.39, 0.29) is 11.8 Å². The van der Waals surface area contributed by atoms with Crippen molar-refractivity contribution in [2.45, 2.75) is 19.8 Å². The van der Waals surface area contributed by atoms with Gasteiger partial charge in [0.1, 0.15) is 0 Å². The smallest absolute Gasteiger partial charge is 0.224 e. The quantitative estimate of drug-likeness (QED) is 0.675. The number of carbonyl (C=O) groups is 1. The summed E-state index contributed by atoms with van der Waals surface area (Å²) in [6, 6.07) is 15.6. The fourth-order valence-corrected chi connectivity index (χ4v) is 2.64. The Morgan fingerprint density at radius 1 is 1.14 bits per heavy atom. The molecule has 2 nitrogen and oxygen atoms in total. The third-order valence-corrected chi connectivity index (χ3v) is 4.13. The fraction of sp³-hybridized carbons (Fsp3) is 0.235. The molecule has 21 heavy (non-hydrogen) atoms. The van der Waals surface area contributed by atoms with E-state index in [1.165, 1.54) is 5.56 Å². The average Bonchev–Trinajstić information content (AvgIpc) is 2.44. The van der Waals surface area contributed by atoms with Gasteiger partial charge in [0.15, 0.2) is 0 Å². The number of hydrogen-bond donors (Lipinski definition) is 1. The minimum absolute atomic E-state index is 0.0534. The van der Waals surface area contributed by atoms with Gasteiger partial charge in [-0.1, -0.05) is 30.7 Å². The molecule has 1 unspecified atom stereocenters. The summed E-state index contributed by atoms with van der Waals surface area (Å²) in [6.45, 7) is 2.09. The predicted octanol–water partition coefficient (Wildman–Crippen LogP) is 5.15. The van der Waals surface area contributed by atoms with Gasteiger partial charge in [-0.25, -0.2) is 0 Å². The van der Waals surface area contributed by atoms with Gasteiger partial charge < -0.3 is 5.32 Å². The van der Waals surface area contributed by atoms with Crippen molar-refractivity contribution in [1.82, 2.24) is 0 Å². The van der Waals surface area contributed by atoms with E-state index in [1.54, 1.807) is 0 Å². The molecule has 0 fully saturated rings. The van der Waals surface area contributed by atoms with Gasteiger partial charge in [0.05, 0.1) is 0 Å². The summed E-state index contributed by atoms with van der Waals surface area (Å²) in [5.41, 5.74) is 2.05. The van der Waals surface area contributed by atoms with Crippen molar-refractivity contribution >= 4 is 45.8 Å². The molecule has 0 radical (unpaired) electrons. The van der Waals surface area contributed by atoms with E-state index >= 15 is 0 Å². The van der Waals surface area contributed by atoms with Gasteiger partial charge in [-0.15, -0.1) is 0 Å². The van der Waals surface area contributed by atoms with Crippen LogP contribution in [0, 0.1) is 9.49 Å². The zero-order chi connectivity index (χ0) is 15.2. The molecule has 0 heterocycles. The van der Waals surface area contributed by atoms with Gasteiger partial charge >= 0.3 is 0 Å². The van der Waals surface area contributed by atoms with E-state index < -0.39 is 0 Å². The van der Waals surface area contributed by atoms with Gasteiger partial charge in [0, 0.05) is 20.7 Å². The molecule has 0 saturated heterocycles. The summed E-state index contributed by atoms with van der Waals surface area (Å²) in [4.78, 5) is 12.0. The van der Waals surface area contributed by atoms with Crippen LogP contribution in [-0.2, 0) is 11.2 Å². The highest BCUT2D eigenvalue weighted by Gasteiger charge is 2.10. The molecule has 2 aromatic carbocycles. The highest BCUT2D eigenvalue weighted by molar-refractivity contribution is 14.1. The lowest BCUT2D eigenvalue weighted by Crippen LogP contribution is -2.16. The molecule has 0 aromatic heterocycles. The van der Waals surface area contributed by atoms with Crippen LogP contribution in [0.25, 0.3) is 0 Å². The SMILES string of the molecule is CC(CC(=O)Nc1ccc(I)cc1)Cc1ccc(Cl)cc1. The third kappa shape index (κ3) is 5.67. The van der Waals surface area contributed by atoms with Crippen LogP contribution in [0.2, 0.25) is 5.02 Å². The van der Waals surface area contributed by atoms with Crippen molar-refractivity contribution in [1.29, 1.82) is 0 Å². The van der Waals surface area contributed by atoms with Crippen LogP contribution in [0.4, 0.5) is 5.69 Å². The predicted molar refractivity (Wildman–Crippen MR) is 96.7 cm³/mol. The first-order valence-corrected chi connectivity index (χ1v) is 8.28. The highest BCUT2D eigenvalue weighted by Crippen LogP contribution is 2.17. The summed E-state index contributed by atoms with van der Waals surface area (Å²) < 4.78 is 1.15. The Balaban J connectivity index is 1.84. The highest BCUT2D eigenvalue weighted by atomic mass is 127. The van der Waals surface area contributed by atoms with Gasteiger partial charge in [-0.2, -0.15) is 0 Å². The lowest BCUT2D eigenvalue weighted by Gasteiger charge is -2.12. The normalized spacial score (nSPS) is 12.0. The zero-order valence-corrected chi connectivity index (χ0v) is 14.7. The van der Waals surface area contributed by atoms with Gasteiger partial charge in [-0.05, 0) is 76.9 Å². The van der Waals surface area contributed by atoms with E-state index in [4.69, 9.17) is 11.6 Å². The molecular weight excluding hydrogens is 397 g/mol. The van der Waals surface area contributed by atoms with Crippen molar-refractivity contribution in [3.8, 4) is 0 Å². The topological polar surface area (TPSA) is 29.1 Å². The summed E-state index contributed by atoms with van der Waals surface area (Å²) in [6.07, 6.45) is 1.38. The van der Waals surface area contributed by atoms with E-state index in [0.717, 1.165) is 20.7 Å². The van der Waals surface area contributed by atoms with Crippen molar-refractivity contribution in [3.05, 3.63) is 62.7 Å². The molecule has 0 bridgehead atoms. The van der Waals surface area contributed by atoms with Gasteiger partial charge in [0.25, 0.3) is 0 Å². The monoisotopic (exact) mass is 413 g/mol. The largest absolute Gasteiger partial charge is 0.326 e. The van der Waals surface area contributed by atoms with E-state index in [0.29, 0.717) is 6.42 Å². The standard InChI is InChI=1S/C17H17ClINO/c1-12(10-13-2-4-14(18)5-3-13)11-17(21)20-16-8-6-15(19)7-9-16/h2-9,12H,10-11H2,1H3,(H,20,21). The molecule has 1 amide bonds. The van der Waals surface area contributed by atoms with Crippen LogP contribution in [0.15, 0.2) is 48.5 Å². The summed E-state index contributed by atoms with van der Waals surface area (Å²) >= 11 is 8.11. The molecule has 0 saturated carbocycles. The molecule has 2 rings (SSSR count). The van der Waals surface area contributed by atoms with Crippen molar-refractivity contribution < 1.29 is 4.79 Å². The Morgan fingerprint density at radius 2 is 1.76 bits per heavy atom. The number of benzene rings is 2. The first kappa shape index (κ1) is 16.3. The molecule has 0 aliphatic rings. The summed E-state index contributed by atoms with van der Waals surface area (Å²) in [5, 5.41) is 3.67. The molecule has 110 valence electrons. The summed E-state index contributed by atoms with van der Waals surface area (Å²) in [5.74, 6) is 0.340. The first-order valence-electron chi connectivity index (χ1n) is 6.83. The Hall–Kier alpha value is -1.07. The molecule has 0 spiro atoms. The van der Waals surface area contributed by atoms with Crippen LogP contribution in [0.5, 0.6) is 0 Å². The van der Waals surface area contributed by atoms with Crippen LogP contribution in [0.3, 0.4) is 0 Å². The fourth-order valence-electron chi connectivity index (χ4n) is 2.16. The maximum Gasteiger partial charge on any atom is 0.224 e. The number of halogens is 2. The molecule has 1 N–H and O–H groups in total. The number of carbonyl (C=O) groups excluding carboxylic acids is 1. The second kappa shape index (κ2) is 7.80. The Labute approximate surface area is 144 Å². The Kier molecular flexibility index (Phi) is 6.06. The Morgan fingerprint density at radius 3 is 2.38 bits per heavy atom. The van der Waals surface area contributed by atoms with Crippen LogP contribution < -0.4 is 5.32 Å². The Bertz CT molecular complexity index is 595. The van der Waals surface area contributed by atoms with E-state index in [2.05, 4.69) is 34.8 Å². The number of hydrogen-bond acceptors (Lipinski definition) is 1. The van der Waals surface area contributed by atoms with Crippen LogP contribution in [-0.4, -0.2) is 5.91 Å². The number of amides is 1. The zero-order valence-electron chi connectivity index (χ0n) is 11.8. The minimum Gasteiger partial charge on any atom is -0.326 e. The van der Waals surface area contributed by atoms with Crippen molar-refractivity contribution in [3.63, 3.8) is 0 Å². The van der Waals surface area contributed by atoms with E-state index in [9.17, 15) is 4.79 Å². The van der Waals surface area contributed by atoms with Crippen molar-refractivity contribution in [2.75, 3.05) is 5.32 Å². The van der Waals surface area contributed by atoms with Gasteiger partial charge in [-0.3, -0.25) is 4.79 Å². The van der Waals surface area contributed by atoms with Crippen LogP contribution >= 0.6 is 34.2 Å². The van der Waals surface area contributed by atoms with E-state index in [1.807, 2.05) is 48.5 Å². The molecular formula is C17H17ClINO. The molecule has 4 heteroatoms. The third-order valence-electron chi connectivity index (χ3n) is 3.16. The first-order chi connectivity index (χ1) is 10.0.